The topological polar surface area (TPSA) is 29.5 Å². The lowest BCUT2D eigenvalue weighted by Crippen LogP contribution is -2.38. The van der Waals surface area contributed by atoms with Gasteiger partial charge in [0.25, 0.3) is 0 Å². The van der Waals surface area contributed by atoms with Gasteiger partial charge in [-0.1, -0.05) is 6.42 Å². The van der Waals surface area contributed by atoms with E-state index in [0.717, 1.165) is 32.0 Å². The Labute approximate surface area is 73.9 Å². The van der Waals surface area contributed by atoms with E-state index >= 15 is 0 Å². The highest BCUT2D eigenvalue weighted by Gasteiger charge is 2.37. The number of hydrogen-bond acceptors (Lipinski definition) is 2. The number of hydrogen-bond donors (Lipinski definition) is 1. The van der Waals surface area contributed by atoms with Gasteiger partial charge in [0, 0.05) is 12.0 Å². The van der Waals surface area contributed by atoms with Crippen LogP contribution < -0.4 is 0 Å². The second-order valence-corrected chi connectivity index (χ2v) is 4.47. The monoisotopic (exact) mass is 170 g/mol. The van der Waals surface area contributed by atoms with Crippen molar-refractivity contribution in [2.45, 2.75) is 32.1 Å². The minimum Gasteiger partial charge on any atom is -0.396 e. The first-order chi connectivity index (χ1) is 5.85. The summed E-state index contributed by atoms with van der Waals surface area (Å²) in [5.41, 5.74) is 0.162. The molecule has 0 aromatic heterocycles. The molecule has 0 spiro atoms. The Balaban J connectivity index is 1.62. The van der Waals surface area contributed by atoms with Crippen molar-refractivity contribution in [1.29, 1.82) is 0 Å². The predicted octanol–water partition coefficient (Wildman–Crippen LogP) is 1.58. The lowest BCUT2D eigenvalue weighted by Gasteiger charge is -2.39. The van der Waals surface area contributed by atoms with Crippen LogP contribution in [0.25, 0.3) is 0 Å². The van der Waals surface area contributed by atoms with E-state index < -0.39 is 0 Å². The van der Waals surface area contributed by atoms with Gasteiger partial charge in [-0.25, -0.2) is 0 Å². The fourth-order valence-corrected chi connectivity index (χ4v) is 1.75. The normalized spacial score (nSPS) is 26.8. The maximum Gasteiger partial charge on any atom is 0.0544 e. The molecule has 0 aromatic carbocycles. The molecule has 0 radical (unpaired) electrons. The first-order valence-corrected chi connectivity index (χ1v) is 5.03. The van der Waals surface area contributed by atoms with E-state index in [1.807, 2.05) is 0 Å². The van der Waals surface area contributed by atoms with Crippen LogP contribution in [0.3, 0.4) is 0 Å². The quantitative estimate of drug-likeness (QED) is 0.678. The van der Waals surface area contributed by atoms with Crippen molar-refractivity contribution in [3.63, 3.8) is 0 Å². The van der Waals surface area contributed by atoms with Crippen molar-refractivity contribution >= 4 is 0 Å². The fraction of sp³-hybridized carbons (Fsp3) is 1.00. The van der Waals surface area contributed by atoms with Gasteiger partial charge < -0.3 is 9.84 Å². The molecule has 0 bridgehead atoms. The maximum atomic E-state index is 9.14. The molecule has 0 unspecified atom stereocenters. The Hall–Kier alpha value is -0.0800. The van der Waals surface area contributed by atoms with Crippen molar-refractivity contribution in [3.8, 4) is 0 Å². The van der Waals surface area contributed by atoms with E-state index in [4.69, 9.17) is 9.84 Å². The zero-order chi connectivity index (χ0) is 8.44. The Morgan fingerprint density at radius 1 is 1.33 bits per heavy atom. The van der Waals surface area contributed by atoms with E-state index in [1.54, 1.807) is 0 Å². The molecule has 70 valence electrons. The van der Waals surface area contributed by atoms with Crippen LogP contribution in [0.5, 0.6) is 0 Å². The minimum absolute atomic E-state index is 0.162. The number of ether oxygens (including phenoxy) is 1. The molecule has 0 heterocycles. The van der Waals surface area contributed by atoms with Crippen LogP contribution >= 0.6 is 0 Å². The summed E-state index contributed by atoms with van der Waals surface area (Å²) in [6, 6.07) is 0. The van der Waals surface area contributed by atoms with Gasteiger partial charge in [-0.15, -0.1) is 0 Å². The fourth-order valence-electron chi connectivity index (χ4n) is 1.75. The van der Waals surface area contributed by atoms with E-state index in [9.17, 15) is 0 Å². The highest BCUT2D eigenvalue weighted by molar-refractivity contribution is 4.87. The van der Waals surface area contributed by atoms with Gasteiger partial charge in [0.1, 0.15) is 0 Å². The van der Waals surface area contributed by atoms with Crippen LogP contribution in [-0.2, 0) is 4.74 Å². The standard InChI is InChI=1S/C10H18O2/c11-7-10(4-1-5-10)8-12-6-9-2-3-9/h9,11H,1-8H2. The molecular weight excluding hydrogens is 152 g/mol. The van der Waals surface area contributed by atoms with Crippen molar-refractivity contribution in [1.82, 2.24) is 0 Å². The smallest absolute Gasteiger partial charge is 0.0544 e. The first-order valence-electron chi connectivity index (χ1n) is 5.03. The van der Waals surface area contributed by atoms with Crippen LogP contribution in [-0.4, -0.2) is 24.9 Å². The maximum absolute atomic E-state index is 9.14. The second kappa shape index (κ2) is 3.35. The first kappa shape index (κ1) is 8.52. The Morgan fingerprint density at radius 3 is 2.50 bits per heavy atom. The minimum atomic E-state index is 0.162. The Kier molecular flexibility index (Phi) is 2.37. The lowest BCUT2D eigenvalue weighted by molar-refractivity contribution is -0.0448. The SMILES string of the molecule is OCC1(COCC2CC2)CCC1. The third-order valence-corrected chi connectivity index (χ3v) is 3.21. The van der Waals surface area contributed by atoms with Crippen molar-refractivity contribution < 1.29 is 9.84 Å². The molecule has 2 nitrogen and oxygen atoms in total. The van der Waals surface area contributed by atoms with E-state index in [-0.39, 0.29) is 5.41 Å². The van der Waals surface area contributed by atoms with Gasteiger partial charge in [-0.3, -0.25) is 0 Å². The Bertz CT molecular complexity index is 142. The molecule has 0 atom stereocenters. The summed E-state index contributed by atoms with van der Waals surface area (Å²) in [7, 11) is 0. The summed E-state index contributed by atoms with van der Waals surface area (Å²) in [4.78, 5) is 0. The molecule has 2 fully saturated rings. The highest BCUT2D eigenvalue weighted by atomic mass is 16.5. The number of aliphatic hydroxyl groups excluding tert-OH is 1. The van der Waals surface area contributed by atoms with Gasteiger partial charge in [-0.05, 0) is 31.6 Å². The molecule has 2 saturated carbocycles. The molecule has 0 aromatic rings. The highest BCUT2D eigenvalue weighted by Crippen LogP contribution is 2.41. The average molecular weight is 170 g/mol. The number of aliphatic hydroxyl groups is 1. The van der Waals surface area contributed by atoms with Gasteiger partial charge in [0.15, 0.2) is 0 Å². The second-order valence-electron chi connectivity index (χ2n) is 4.47. The molecule has 2 heteroatoms. The van der Waals surface area contributed by atoms with Gasteiger partial charge in [-0.2, -0.15) is 0 Å². The van der Waals surface area contributed by atoms with Crippen molar-refractivity contribution in [2.75, 3.05) is 19.8 Å². The van der Waals surface area contributed by atoms with E-state index in [1.165, 1.54) is 19.3 Å². The van der Waals surface area contributed by atoms with Crippen LogP contribution in [0.4, 0.5) is 0 Å². The van der Waals surface area contributed by atoms with E-state index in [0.29, 0.717) is 6.61 Å². The summed E-state index contributed by atoms with van der Waals surface area (Å²) in [5, 5.41) is 9.14. The third kappa shape index (κ3) is 1.80. The molecule has 1 N–H and O–H groups in total. The van der Waals surface area contributed by atoms with Gasteiger partial charge in [0.2, 0.25) is 0 Å². The van der Waals surface area contributed by atoms with Crippen molar-refractivity contribution in [3.05, 3.63) is 0 Å². The van der Waals surface area contributed by atoms with Gasteiger partial charge >= 0.3 is 0 Å². The predicted molar refractivity (Wildman–Crippen MR) is 46.9 cm³/mol. The number of rotatable bonds is 5. The third-order valence-electron chi connectivity index (χ3n) is 3.21. The molecule has 2 aliphatic rings. The lowest BCUT2D eigenvalue weighted by atomic mass is 9.70. The summed E-state index contributed by atoms with van der Waals surface area (Å²) < 4.78 is 5.60. The molecule has 2 aliphatic carbocycles. The molecule has 0 aliphatic heterocycles. The van der Waals surface area contributed by atoms with Crippen LogP contribution in [0.2, 0.25) is 0 Å². The van der Waals surface area contributed by atoms with E-state index in [2.05, 4.69) is 0 Å². The average Bonchev–Trinajstić information content (AvgIpc) is 2.78. The molecule has 0 saturated heterocycles. The Morgan fingerprint density at radius 2 is 2.08 bits per heavy atom. The van der Waals surface area contributed by atoms with Crippen molar-refractivity contribution in [2.24, 2.45) is 11.3 Å². The van der Waals surface area contributed by atoms with Gasteiger partial charge in [0.05, 0.1) is 13.2 Å². The van der Waals surface area contributed by atoms with Crippen LogP contribution in [0.1, 0.15) is 32.1 Å². The summed E-state index contributed by atoms with van der Waals surface area (Å²) in [5.74, 6) is 0.848. The molecule has 0 amide bonds. The van der Waals surface area contributed by atoms with Crippen LogP contribution in [0.15, 0.2) is 0 Å². The zero-order valence-corrected chi connectivity index (χ0v) is 7.59. The molecular formula is C10H18O2. The zero-order valence-electron chi connectivity index (χ0n) is 7.59. The summed E-state index contributed by atoms with van der Waals surface area (Å²) in [6.45, 7) is 2.04. The summed E-state index contributed by atoms with van der Waals surface area (Å²) in [6.07, 6.45) is 6.30. The molecule has 12 heavy (non-hydrogen) atoms. The van der Waals surface area contributed by atoms with Crippen LogP contribution in [0, 0.1) is 11.3 Å². The largest absolute Gasteiger partial charge is 0.396 e. The summed E-state index contributed by atoms with van der Waals surface area (Å²) >= 11 is 0. The molecule has 2 rings (SSSR count).